The molecule has 3 rings (SSSR count). The quantitative estimate of drug-likeness (QED) is 0.836. The zero-order chi connectivity index (χ0) is 15.0. The fourth-order valence-electron chi connectivity index (χ4n) is 2.51. The van der Waals surface area contributed by atoms with Crippen LogP contribution < -0.4 is 5.32 Å². The van der Waals surface area contributed by atoms with E-state index >= 15 is 0 Å². The number of aryl methyl sites for hydroxylation is 2. The maximum atomic E-state index is 14.4. The van der Waals surface area contributed by atoms with Gasteiger partial charge in [0.25, 0.3) is 0 Å². The minimum atomic E-state index is -0.171. The van der Waals surface area contributed by atoms with Crippen LogP contribution in [0.5, 0.6) is 0 Å². The highest BCUT2D eigenvalue weighted by Crippen LogP contribution is 2.31. The van der Waals surface area contributed by atoms with E-state index in [-0.39, 0.29) is 5.82 Å². The van der Waals surface area contributed by atoms with Gasteiger partial charge in [-0.25, -0.2) is 4.39 Å². The summed E-state index contributed by atoms with van der Waals surface area (Å²) < 4.78 is 14.4. The smallest absolute Gasteiger partial charge is 0.131 e. The molecule has 0 heterocycles. The van der Waals surface area contributed by atoms with E-state index < -0.39 is 0 Å². The Kier molecular flexibility index (Phi) is 4.01. The van der Waals surface area contributed by atoms with Crippen molar-refractivity contribution in [1.29, 1.82) is 0 Å². The highest BCUT2D eigenvalue weighted by atomic mass is 35.5. The molecule has 0 bridgehead atoms. The fraction of sp³-hybridized carbons (Fsp3) is 0.333. The lowest BCUT2D eigenvalue weighted by molar-refractivity contribution is 0.623. The average Bonchev–Trinajstić information content (AvgIpc) is 3.25. The van der Waals surface area contributed by atoms with Gasteiger partial charge in [0, 0.05) is 23.2 Å². The van der Waals surface area contributed by atoms with Gasteiger partial charge >= 0.3 is 0 Å². The van der Waals surface area contributed by atoms with Crippen molar-refractivity contribution in [3.05, 3.63) is 57.9 Å². The SMILES string of the molecule is Cc1cc(-c2ccc(CNC3CC3)cc2F)c(C)cc1Cl. The first kappa shape index (κ1) is 14.6. The Labute approximate surface area is 130 Å². The molecule has 0 atom stereocenters. The maximum absolute atomic E-state index is 14.4. The van der Waals surface area contributed by atoms with Gasteiger partial charge in [0.05, 0.1) is 0 Å². The first-order chi connectivity index (χ1) is 10.0. The minimum absolute atomic E-state index is 0.171. The van der Waals surface area contributed by atoms with Gasteiger partial charge in [-0.3, -0.25) is 0 Å². The summed E-state index contributed by atoms with van der Waals surface area (Å²) in [6, 6.07) is 9.99. The van der Waals surface area contributed by atoms with Crippen molar-refractivity contribution >= 4 is 11.6 Å². The summed E-state index contributed by atoms with van der Waals surface area (Å²) in [5.41, 5.74) is 4.51. The largest absolute Gasteiger partial charge is 0.310 e. The number of benzene rings is 2. The van der Waals surface area contributed by atoms with Crippen LogP contribution >= 0.6 is 11.6 Å². The third-order valence-corrected chi connectivity index (χ3v) is 4.41. The molecule has 1 nitrogen and oxygen atoms in total. The molecule has 1 saturated carbocycles. The third kappa shape index (κ3) is 3.28. The molecule has 2 aromatic rings. The van der Waals surface area contributed by atoms with Crippen molar-refractivity contribution in [1.82, 2.24) is 5.32 Å². The Bertz CT molecular complexity index is 677. The molecule has 2 aromatic carbocycles. The predicted octanol–water partition coefficient (Wildman–Crippen LogP) is 5.01. The standard InChI is InChI=1S/C18H19ClFN/c1-11-8-17(19)12(2)7-16(11)15-6-3-13(9-18(15)20)10-21-14-4-5-14/h3,6-9,14,21H,4-5,10H2,1-2H3. The van der Waals surface area contributed by atoms with Crippen LogP contribution in [0.2, 0.25) is 5.02 Å². The summed E-state index contributed by atoms with van der Waals surface area (Å²) in [7, 11) is 0. The van der Waals surface area contributed by atoms with Gasteiger partial charge in [0.2, 0.25) is 0 Å². The zero-order valence-electron chi connectivity index (χ0n) is 12.3. The van der Waals surface area contributed by atoms with Crippen molar-refractivity contribution in [2.45, 2.75) is 39.3 Å². The van der Waals surface area contributed by atoms with Gasteiger partial charge in [-0.1, -0.05) is 23.7 Å². The Morgan fingerprint density at radius 2 is 1.86 bits per heavy atom. The molecule has 0 amide bonds. The third-order valence-electron chi connectivity index (χ3n) is 4.00. The molecular formula is C18H19ClFN. The fourth-order valence-corrected chi connectivity index (χ4v) is 2.73. The summed E-state index contributed by atoms with van der Waals surface area (Å²) in [4.78, 5) is 0. The molecule has 110 valence electrons. The summed E-state index contributed by atoms with van der Waals surface area (Å²) in [5.74, 6) is -0.171. The van der Waals surface area contributed by atoms with Crippen molar-refractivity contribution in [2.24, 2.45) is 0 Å². The molecule has 0 aliphatic heterocycles. The van der Waals surface area contributed by atoms with E-state index in [9.17, 15) is 4.39 Å². The maximum Gasteiger partial charge on any atom is 0.131 e. The van der Waals surface area contributed by atoms with Crippen molar-refractivity contribution in [3.63, 3.8) is 0 Å². The van der Waals surface area contributed by atoms with E-state index in [1.54, 1.807) is 6.07 Å². The molecule has 3 heteroatoms. The van der Waals surface area contributed by atoms with Crippen LogP contribution in [0.4, 0.5) is 4.39 Å². The summed E-state index contributed by atoms with van der Waals surface area (Å²) in [6.07, 6.45) is 2.48. The van der Waals surface area contributed by atoms with Crippen molar-refractivity contribution in [2.75, 3.05) is 0 Å². The van der Waals surface area contributed by atoms with Gasteiger partial charge < -0.3 is 5.32 Å². The molecule has 0 unspecified atom stereocenters. The lowest BCUT2D eigenvalue weighted by atomic mass is 9.97. The second-order valence-electron chi connectivity index (χ2n) is 5.89. The molecule has 1 N–H and O–H groups in total. The van der Waals surface area contributed by atoms with Crippen LogP contribution in [-0.4, -0.2) is 6.04 Å². The zero-order valence-corrected chi connectivity index (χ0v) is 13.1. The summed E-state index contributed by atoms with van der Waals surface area (Å²) in [6.45, 7) is 4.64. The monoisotopic (exact) mass is 303 g/mol. The topological polar surface area (TPSA) is 12.0 Å². The summed E-state index contributed by atoms with van der Waals surface area (Å²) >= 11 is 6.11. The van der Waals surface area contributed by atoms with E-state index in [1.165, 1.54) is 12.8 Å². The van der Waals surface area contributed by atoms with Crippen molar-refractivity contribution < 1.29 is 4.39 Å². The molecule has 0 saturated heterocycles. The molecule has 0 spiro atoms. The second-order valence-corrected chi connectivity index (χ2v) is 6.29. The van der Waals surface area contributed by atoms with Crippen LogP contribution in [0.15, 0.2) is 30.3 Å². The lowest BCUT2D eigenvalue weighted by Crippen LogP contribution is -2.15. The second kappa shape index (κ2) is 5.78. The van der Waals surface area contributed by atoms with E-state index in [1.807, 2.05) is 38.1 Å². The van der Waals surface area contributed by atoms with Gasteiger partial charge in [-0.05, 0) is 67.1 Å². The Balaban J connectivity index is 1.89. The lowest BCUT2D eigenvalue weighted by Gasteiger charge is -2.11. The molecule has 0 aromatic heterocycles. The molecule has 1 aliphatic rings. The average molecular weight is 304 g/mol. The molecular weight excluding hydrogens is 285 g/mol. The molecule has 0 radical (unpaired) electrons. The van der Waals surface area contributed by atoms with Crippen LogP contribution in [0, 0.1) is 19.7 Å². The van der Waals surface area contributed by atoms with E-state index in [4.69, 9.17) is 11.6 Å². The summed E-state index contributed by atoms with van der Waals surface area (Å²) in [5, 5.41) is 4.13. The van der Waals surface area contributed by atoms with Crippen LogP contribution in [0.1, 0.15) is 29.5 Å². The van der Waals surface area contributed by atoms with Crippen LogP contribution in [-0.2, 0) is 6.54 Å². The normalized spacial score (nSPS) is 14.5. The van der Waals surface area contributed by atoms with E-state index in [2.05, 4.69) is 5.32 Å². The van der Waals surface area contributed by atoms with Crippen LogP contribution in [0.25, 0.3) is 11.1 Å². The van der Waals surface area contributed by atoms with E-state index in [0.717, 1.165) is 33.8 Å². The van der Waals surface area contributed by atoms with Crippen molar-refractivity contribution in [3.8, 4) is 11.1 Å². The molecule has 1 aliphatic carbocycles. The van der Waals surface area contributed by atoms with Crippen LogP contribution in [0.3, 0.4) is 0 Å². The molecule has 1 fully saturated rings. The number of halogens is 2. The van der Waals surface area contributed by atoms with Gasteiger partial charge in [-0.2, -0.15) is 0 Å². The van der Waals surface area contributed by atoms with Gasteiger partial charge in [0.1, 0.15) is 5.82 Å². The number of rotatable bonds is 4. The van der Waals surface area contributed by atoms with E-state index in [0.29, 0.717) is 11.6 Å². The predicted molar refractivity (Wildman–Crippen MR) is 86.2 cm³/mol. The highest BCUT2D eigenvalue weighted by Gasteiger charge is 2.20. The Morgan fingerprint density at radius 1 is 1.10 bits per heavy atom. The minimum Gasteiger partial charge on any atom is -0.310 e. The number of hydrogen-bond donors (Lipinski definition) is 1. The Hall–Kier alpha value is -1.38. The van der Waals surface area contributed by atoms with Gasteiger partial charge in [-0.15, -0.1) is 0 Å². The van der Waals surface area contributed by atoms with Gasteiger partial charge in [0.15, 0.2) is 0 Å². The first-order valence-electron chi connectivity index (χ1n) is 7.33. The Morgan fingerprint density at radius 3 is 2.52 bits per heavy atom. The first-order valence-corrected chi connectivity index (χ1v) is 7.71. The highest BCUT2D eigenvalue weighted by molar-refractivity contribution is 6.31. The number of nitrogens with one attached hydrogen (secondary N) is 1. The number of hydrogen-bond acceptors (Lipinski definition) is 1. The molecule has 21 heavy (non-hydrogen) atoms.